The maximum absolute atomic E-state index is 4.81. The van der Waals surface area contributed by atoms with E-state index in [9.17, 15) is 0 Å². The lowest BCUT2D eigenvalue weighted by atomic mass is 10.2. The number of aliphatic imine (C=N–C) groups is 1. The lowest BCUT2D eigenvalue weighted by Crippen LogP contribution is -2.48. The van der Waals surface area contributed by atoms with Gasteiger partial charge in [0, 0.05) is 11.3 Å². The molecule has 1 heterocycles. The number of hydrogen-bond donors (Lipinski definition) is 0. The first-order valence-electron chi connectivity index (χ1n) is 9.83. The minimum atomic E-state index is 0.551. The van der Waals surface area contributed by atoms with Gasteiger partial charge in [-0.25, -0.2) is 10.0 Å². The summed E-state index contributed by atoms with van der Waals surface area (Å²) in [5, 5.41) is 8.76. The van der Waals surface area contributed by atoms with E-state index in [1.807, 2.05) is 77.6 Å². The van der Waals surface area contributed by atoms with E-state index in [4.69, 9.17) is 10.5 Å². The zero-order chi connectivity index (χ0) is 20.1. The summed E-state index contributed by atoms with van der Waals surface area (Å²) in [6.07, 6.45) is 0.946. The average molecular weight is 382 g/mol. The summed E-state index contributed by atoms with van der Waals surface area (Å²) >= 11 is 0. The second-order valence-corrected chi connectivity index (χ2v) is 6.88. The molecule has 5 nitrogen and oxygen atoms in total. The van der Waals surface area contributed by atoms with Gasteiger partial charge in [-0.3, -0.25) is 4.99 Å². The number of rotatable bonds is 5. The summed E-state index contributed by atoms with van der Waals surface area (Å²) in [5.74, 6) is 0.673. The number of hydrazone groups is 1. The lowest BCUT2D eigenvalue weighted by molar-refractivity contribution is 0.671. The molecule has 0 atom stereocenters. The molecule has 0 bridgehead atoms. The molecule has 1 aliphatic heterocycles. The third-order valence-electron chi connectivity index (χ3n) is 4.76. The molecule has 1 radical (unpaired) electrons. The zero-order valence-corrected chi connectivity index (χ0v) is 16.7. The summed E-state index contributed by atoms with van der Waals surface area (Å²) in [6, 6.07) is 28.4. The van der Waals surface area contributed by atoms with Crippen molar-refractivity contribution in [2.45, 2.75) is 20.3 Å². The minimum absolute atomic E-state index is 0.551. The molecule has 3 aromatic rings. The van der Waals surface area contributed by atoms with Crippen LogP contribution < -0.4 is 15.4 Å². The highest BCUT2D eigenvalue weighted by Gasteiger charge is 2.23. The largest absolute Gasteiger partial charge is 0.258 e. The zero-order valence-electron chi connectivity index (χ0n) is 16.7. The van der Waals surface area contributed by atoms with E-state index in [-0.39, 0.29) is 0 Å². The molecule has 0 saturated heterocycles. The van der Waals surface area contributed by atoms with Gasteiger partial charge in [-0.1, -0.05) is 43.3 Å². The van der Waals surface area contributed by atoms with Gasteiger partial charge >= 0.3 is 0 Å². The first-order chi connectivity index (χ1) is 14.2. The smallest absolute Gasteiger partial charge is 0.199 e. The monoisotopic (exact) mass is 382 g/mol. The van der Waals surface area contributed by atoms with Crippen LogP contribution in [-0.4, -0.2) is 18.2 Å². The Bertz CT molecular complexity index is 994. The lowest BCUT2D eigenvalue weighted by Gasteiger charge is -2.34. The number of hydrogen-bond acceptors (Lipinski definition) is 4. The fourth-order valence-electron chi connectivity index (χ4n) is 3.02. The van der Waals surface area contributed by atoms with Crippen LogP contribution in [0.25, 0.3) is 0 Å². The van der Waals surface area contributed by atoms with Gasteiger partial charge in [0.25, 0.3) is 0 Å². The van der Waals surface area contributed by atoms with Crippen molar-refractivity contribution < 1.29 is 0 Å². The average Bonchev–Trinajstić information content (AvgIpc) is 2.80. The van der Waals surface area contributed by atoms with Crippen molar-refractivity contribution in [1.82, 2.24) is 5.43 Å². The molecular formula is C24H24N5. The van der Waals surface area contributed by atoms with Crippen molar-refractivity contribution >= 4 is 28.6 Å². The number of anilines is 2. The Morgan fingerprint density at radius 3 is 2.00 bits per heavy atom. The van der Waals surface area contributed by atoms with E-state index in [2.05, 4.69) is 36.2 Å². The quantitative estimate of drug-likeness (QED) is 0.558. The summed E-state index contributed by atoms with van der Waals surface area (Å²) in [7, 11) is 0. The molecule has 3 aromatic carbocycles. The minimum Gasteiger partial charge on any atom is -0.258 e. The molecule has 4 rings (SSSR count). The Balaban J connectivity index is 1.67. The summed E-state index contributed by atoms with van der Waals surface area (Å²) in [4.78, 5) is 4.61. The fraction of sp³-hybridized carbons (Fsp3) is 0.167. The first-order valence-corrected chi connectivity index (χ1v) is 9.83. The van der Waals surface area contributed by atoms with Crippen LogP contribution >= 0.6 is 0 Å². The van der Waals surface area contributed by atoms with Crippen LogP contribution in [0.15, 0.2) is 95.0 Å². The molecule has 5 heteroatoms. The van der Waals surface area contributed by atoms with Crippen molar-refractivity contribution in [2.24, 2.45) is 10.1 Å². The Morgan fingerprint density at radius 2 is 1.41 bits per heavy atom. The highest BCUT2D eigenvalue weighted by Crippen LogP contribution is 2.23. The third kappa shape index (κ3) is 4.46. The van der Waals surface area contributed by atoms with Crippen molar-refractivity contribution in [3.05, 3.63) is 90.5 Å². The van der Waals surface area contributed by atoms with E-state index in [0.29, 0.717) is 12.5 Å². The van der Waals surface area contributed by atoms with Crippen molar-refractivity contribution in [3.63, 3.8) is 0 Å². The fourth-order valence-corrected chi connectivity index (χ4v) is 3.02. The van der Waals surface area contributed by atoms with Crippen LogP contribution in [-0.2, 0) is 0 Å². The first kappa shape index (κ1) is 18.7. The van der Waals surface area contributed by atoms with Crippen molar-refractivity contribution in [1.29, 1.82) is 0 Å². The number of amidine groups is 1. The Hall–Kier alpha value is -3.60. The van der Waals surface area contributed by atoms with Crippen LogP contribution in [0.1, 0.15) is 25.8 Å². The van der Waals surface area contributed by atoms with E-state index in [1.54, 1.807) is 0 Å². The second kappa shape index (κ2) is 8.61. The van der Waals surface area contributed by atoms with Gasteiger partial charge in [0.15, 0.2) is 5.84 Å². The van der Waals surface area contributed by atoms with Gasteiger partial charge in [-0.05, 0) is 61.9 Å². The number of nitrogens with zero attached hydrogens (tertiary/aromatic N) is 5. The SMILES string of the molecule is CCC(C)=Nc1ccc(C2=NN(c3ccccc3)CN(c3ccccc3)[N]2)cc1. The molecule has 0 fully saturated rings. The highest BCUT2D eigenvalue weighted by molar-refractivity contribution is 6.00. The predicted octanol–water partition coefficient (Wildman–Crippen LogP) is 5.35. The molecular weight excluding hydrogens is 358 g/mol. The van der Waals surface area contributed by atoms with Crippen LogP contribution in [0.2, 0.25) is 0 Å². The molecule has 0 amide bonds. The molecule has 0 N–H and O–H groups in total. The molecule has 0 saturated carbocycles. The Morgan fingerprint density at radius 1 is 0.828 bits per heavy atom. The maximum Gasteiger partial charge on any atom is 0.199 e. The molecule has 0 unspecified atom stereocenters. The molecule has 145 valence electrons. The van der Waals surface area contributed by atoms with Gasteiger partial charge in [0.05, 0.1) is 17.1 Å². The summed E-state index contributed by atoms with van der Waals surface area (Å²) in [5.41, 5.74) is 9.89. The van der Waals surface area contributed by atoms with E-state index in [1.165, 1.54) is 0 Å². The van der Waals surface area contributed by atoms with Crippen LogP contribution in [0, 0.1) is 0 Å². The van der Waals surface area contributed by atoms with E-state index in [0.717, 1.165) is 34.8 Å². The second-order valence-electron chi connectivity index (χ2n) is 6.88. The highest BCUT2D eigenvalue weighted by atomic mass is 15.7. The Kier molecular flexibility index (Phi) is 5.56. The molecule has 0 spiro atoms. The van der Waals surface area contributed by atoms with Crippen molar-refractivity contribution in [3.8, 4) is 0 Å². The summed E-state index contributed by atoms with van der Waals surface area (Å²) in [6.45, 7) is 4.71. The summed E-state index contributed by atoms with van der Waals surface area (Å²) < 4.78 is 0. The van der Waals surface area contributed by atoms with Crippen molar-refractivity contribution in [2.75, 3.05) is 16.7 Å². The molecule has 0 aromatic heterocycles. The van der Waals surface area contributed by atoms with Crippen LogP contribution in [0.5, 0.6) is 0 Å². The normalized spacial score (nSPS) is 14.4. The van der Waals surface area contributed by atoms with Gasteiger partial charge in [-0.15, -0.1) is 10.5 Å². The number of para-hydroxylation sites is 2. The number of benzene rings is 3. The molecule has 0 aliphatic carbocycles. The predicted molar refractivity (Wildman–Crippen MR) is 121 cm³/mol. The molecule has 29 heavy (non-hydrogen) atoms. The van der Waals surface area contributed by atoms with E-state index >= 15 is 0 Å². The van der Waals surface area contributed by atoms with Gasteiger partial charge in [-0.2, -0.15) is 0 Å². The van der Waals surface area contributed by atoms with Gasteiger partial charge in [0.2, 0.25) is 0 Å². The van der Waals surface area contributed by atoms with Gasteiger partial charge in [0.1, 0.15) is 6.67 Å². The molecule has 1 aliphatic rings. The maximum atomic E-state index is 4.81. The van der Waals surface area contributed by atoms with Crippen LogP contribution in [0.3, 0.4) is 0 Å². The standard InChI is InChI=1S/C24H24N5/c1-3-19(2)25-21-16-14-20(15-17-21)24-26-28(22-10-6-4-7-11-22)18-29(27-24)23-12-8-5-9-13-23/h4-17H,3,18H2,1-2H3. The van der Waals surface area contributed by atoms with E-state index < -0.39 is 0 Å². The van der Waals surface area contributed by atoms with Gasteiger partial charge < -0.3 is 0 Å². The Labute approximate surface area is 172 Å². The van der Waals surface area contributed by atoms with Crippen LogP contribution in [0.4, 0.5) is 17.1 Å². The topological polar surface area (TPSA) is 45.3 Å². The third-order valence-corrected chi connectivity index (χ3v) is 4.76.